The van der Waals surface area contributed by atoms with Gasteiger partial charge in [-0.3, -0.25) is 10.1 Å². The number of carbonyl (C=O) groups is 1. The Balaban J connectivity index is 1.80. The van der Waals surface area contributed by atoms with Crippen molar-refractivity contribution in [3.05, 3.63) is 40.2 Å². The van der Waals surface area contributed by atoms with Crippen molar-refractivity contribution in [3.8, 4) is 17.3 Å². The van der Waals surface area contributed by atoms with Gasteiger partial charge in [-0.2, -0.15) is 18.4 Å². The smallest absolute Gasteiger partial charge is 0.339 e. The van der Waals surface area contributed by atoms with Crippen molar-refractivity contribution in [2.75, 3.05) is 0 Å². The van der Waals surface area contributed by atoms with Crippen LogP contribution in [0.15, 0.2) is 29.6 Å². The molecule has 0 unspecified atom stereocenters. The molecule has 1 aliphatic carbocycles. The zero-order chi connectivity index (χ0) is 22.8. The van der Waals surface area contributed by atoms with Crippen LogP contribution in [0.3, 0.4) is 0 Å². The lowest BCUT2D eigenvalue weighted by molar-refractivity contribution is -0.164. The molecule has 0 spiro atoms. The molecule has 1 heterocycles. The highest BCUT2D eigenvalue weighted by Gasteiger charge is 2.47. The van der Waals surface area contributed by atoms with Crippen molar-refractivity contribution in [2.24, 2.45) is 5.92 Å². The lowest BCUT2D eigenvalue weighted by Crippen LogP contribution is -2.52. The predicted molar refractivity (Wildman–Crippen MR) is 113 cm³/mol. The molecule has 0 aliphatic heterocycles. The fourth-order valence-corrected chi connectivity index (χ4v) is 4.01. The fourth-order valence-electron chi connectivity index (χ4n) is 3.39. The van der Waals surface area contributed by atoms with E-state index in [9.17, 15) is 23.2 Å². The van der Waals surface area contributed by atoms with Crippen LogP contribution in [-0.2, 0) is 4.79 Å². The van der Waals surface area contributed by atoms with E-state index in [1.807, 2.05) is 26.2 Å². The minimum Gasteiger partial charge on any atom is -0.339 e. The normalized spacial score (nSPS) is 17.1. The van der Waals surface area contributed by atoms with Crippen LogP contribution >= 0.6 is 11.3 Å². The summed E-state index contributed by atoms with van der Waals surface area (Å²) in [5, 5.41) is 17.2. The SMILES string of the molecule is Cc1nc(-c2ccc([C@H](NC(=O)[C@H](CC(C)C)NC3(C#N)CC3)C(F)(F)F)cc2)cs1. The second kappa shape index (κ2) is 8.97. The Morgan fingerprint density at radius 2 is 1.94 bits per heavy atom. The van der Waals surface area contributed by atoms with Gasteiger partial charge in [-0.25, -0.2) is 4.98 Å². The third-order valence-corrected chi connectivity index (χ3v) is 5.98. The maximum absolute atomic E-state index is 13.8. The van der Waals surface area contributed by atoms with E-state index in [1.165, 1.54) is 23.5 Å². The average Bonchev–Trinajstić information content (AvgIpc) is 3.34. The Hall–Kier alpha value is -2.44. The Morgan fingerprint density at radius 3 is 2.39 bits per heavy atom. The summed E-state index contributed by atoms with van der Waals surface area (Å²) in [5.74, 6) is -0.681. The summed E-state index contributed by atoms with van der Waals surface area (Å²) in [6, 6.07) is 5.01. The number of hydrogen-bond donors (Lipinski definition) is 2. The number of hydrogen-bond acceptors (Lipinski definition) is 5. The van der Waals surface area contributed by atoms with Crippen LogP contribution < -0.4 is 10.6 Å². The number of benzene rings is 1. The molecule has 1 saturated carbocycles. The summed E-state index contributed by atoms with van der Waals surface area (Å²) >= 11 is 1.46. The second-order valence-corrected chi connectivity index (χ2v) is 9.44. The summed E-state index contributed by atoms with van der Waals surface area (Å²) in [5.41, 5.74) is 0.553. The van der Waals surface area contributed by atoms with Crippen LogP contribution in [0.25, 0.3) is 11.3 Å². The van der Waals surface area contributed by atoms with Gasteiger partial charge in [-0.15, -0.1) is 11.3 Å². The number of rotatable bonds is 8. The summed E-state index contributed by atoms with van der Waals surface area (Å²) in [7, 11) is 0. The summed E-state index contributed by atoms with van der Waals surface area (Å²) in [4.78, 5) is 17.2. The standard InChI is InChI=1S/C22H25F3N4OS/c1-13(2)10-17(29-21(12-26)8-9-21)20(30)28-19(22(23,24)25)16-6-4-15(5-7-16)18-11-31-14(3)27-18/h4-7,11,13,17,19,29H,8-10H2,1-3H3,(H,28,30)/t17-,19-/m0/s1. The van der Waals surface area contributed by atoms with Gasteiger partial charge in [0.05, 0.1) is 22.8 Å². The molecule has 2 aromatic rings. The quantitative estimate of drug-likeness (QED) is 0.600. The summed E-state index contributed by atoms with van der Waals surface area (Å²) < 4.78 is 41.5. The first kappa shape index (κ1) is 23.2. The van der Waals surface area contributed by atoms with Gasteiger partial charge in [0.25, 0.3) is 0 Å². The zero-order valence-corrected chi connectivity index (χ0v) is 18.4. The monoisotopic (exact) mass is 450 g/mol. The molecule has 3 rings (SSSR count). The molecule has 166 valence electrons. The number of nitriles is 1. The van der Waals surface area contributed by atoms with Crippen LogP contribution in [0.1, 0.15) is 49.7 Å². The van der Waals surface area contributed by atoms with Gasteiger partial charge < -0.3 is 5.32 Å². The maximum Gasteiger partial charge on any atom is 0.412 e. The number of amides is 1. The topological polar surface area (TPSA) is 77.8 Å². The van der Waals surface area contributed by atoms with Crippen molar-refractivity contribution < 1.29 is 18.0 Å². The highest BCUT2D eigenvalue weighted by Crippen LogP contribution is 2.37. The van der Waals surface area contributed by atoms with Crippen LogP contribution in [-0.4, -0.2) is 28.6 Å². The number of carbonyl (C=O) groups excluding carboxylic acids is 1. The molecule has 1 fully saturated rings. The third kappa shape index (κ3) is 5.83. The first-order valence-electron chi connectivity index (χ1n) is 10.1. The van der Waals surface area contributed by atoms with E-state index < -0.39 is 29.7 Å². The lowest BCUT2D eigenvalue weighted by atomic mass is 9.99. The van der Waals surface area contributed by atoms with Crippen LogP contribution in [0, 0.1) is 24.2 Å². The van der Waals surface area contributed by atoms with Gasteiger partial charge >= 0.3 is 6.18 Å². The van der Waals surface area contributed by atoms with Crippen LogP contribution in [0.4, 0.5) is 13.2 Å². The van der Waals surface area contributed by atoms with E-state index in [1.54, 1.807) is 12.1 Å². The van der Waals surface area contributed by atoms with E-state index in [-0.39, 0.29) is 11.5 Å². The lowest BCUT2D eigenvalue weighted by Gasteiger charge is -2.27. The first-order valence-corrected chi connectivity index (χ1v) is 11.0. The third-order valence-electron chi connectivity index (χ3n) is 5.21. The molecular formula is C22H25F3N4OS. The molecule has 1 amide bonds. The van der Waals surface area contributed by atoms with E-state index in [2.05, 4.69) is 21.7 Å². The Bertz CT molecular complexity index is 958. The van der Waals surface area contributed by atoms with Gasteiger partial charge in [0.15, 0.2) is 6.04 Å². The molecule has 0 saturated heterocycles. The van der Waals surface area contributed by atoms with Crippen LogP contribution in [0.5, 0.6) is 0 Å². The largest absolute Gasteiger partial charge is 0.412 e. The number of nitrogens with zero attached hydrogens (tertiary/aromatic N) is 2. The van der Waals surface area contributed by atoms with Crippen molar-refractivity contribution in [1.82, 2.24) is 15.6 Å². The van der Waals surface area contributed by atoms with Gasteiger partial charge in [0, 0.05) is 10.9 Å². The Morgan fingerprint density at radius 1 is 1.29 bits per heavy atom. The van der Waals surface area contributed by atoms with E-state index in [0.29, 0.717) is 30.5 Å². The number of halogens is 3. The molecule has 9 heteroatoms. The van der Waals surface area contributed by atoms with Gasteiger partial charge in [0.2, 0.25) is 5.91 Å². The summed E-state index contributed by atoms with van der Waals surface area (Å²) in [6.07, 6.45) is -3.15. The van der Waals surface area contributed by atoms with E-state index in [4.69, 9.17) is 0 Å². The van der Waals surface area contributed by atoms with Gasteiger partial charge in [-0.05, 0) is 37.7 Å². The van der Waals surface area contributed by atoms with E-state index in [0.717, 1.165) is 5.01 Å². The second-order valence-electron chi connectivity index (χ2n) is 8.38. The molecular weight excluding hydrogens is 425 g/mol. The fraction of sp³-hybridized carbons (Fsp3) is 0.500. The highest BCUT2D eigenvalue weighted by molar-refractivity contribution is 7.09. The zero-order valence-electron chi connectivity index (χ0n) is 17.6. The molecule has 1 aromatic heterocycles. The molecule has 5 nitrogen and oxygen atoms in total. The van der Waals surface area contributed by atoms with Crippen molar-refractivity contribution in [3.63, 3.8) is 0 Å². The number of alkyl halides is 3. The van der Waals surface area contributed by atoms with Gasteiger partial charge in [0.1, 0.15) is 5.54 Å². The Labute approximate surface area is 183 Å². The molecule has 2 N–H and O–H groups in total. The number of nitrogens with one attached hydrogen (secondary N) is 2. The molecule has 31 heavy (non-hydrogen) atoms. The number of aryl methyl sites for hydroxylation is 1. The molecule has 1 aromatic carbocycles. The van der Waals surface area contributed by atoms with Crippen LogP contribution in [0.2, 0.25) is 0 Å². The molecule has 1 aliphatic rings. The predicted octanol–water partition coefficient (Wildman–Crippen LogP) is 4.90. The van der Waals surface area contributed by atoms with Crippen molar-refractivity contribution in [1.29, 1.82) is 5.26 Å². The number of aromatic nitrogens is 1. The maximum atomic E-state index is 13.8. The van der Waals surface area contributed by atoms with Crippen molar-refractivity contribution in [2.45, 2.75) is 63.8 Å². The summed E-state index contributed by atoms with van der Waals surface area (Å²) in [6.45, 7) is 5.62. The molecule has 2 atom stereocenters. The minimum absolute atomic E-state index is 0.0544. The van der Waals surface area contributed by atoms with Gasteiger partial charge in [-0.1, -0.05) is 38.1 Å². The Kier molecular flexibility index (Phi) is 6.72. The number of thiazole rings is 1. The van der Waals surface area contributed by atoms with Crippen molar-refractivity contribution >= 4 is 17.2 Å². The average molecular weight is 451 g/mol. The minimum atomic E-state index is -4.66. The molecule has 0 radical (unpaired) electrons. The highest BCUT2D eigenvalue weighted by atomic mass is 32.1. The first-order chi connectivity index (χ1) is 14.5. The molecule has 0 bridgehead atoms. The van der Waals surface area contributed by atoms with E-state index >= 15 is 0 Å².